The molecule has 132 valence electrons. The molecule has 0 radical (unpaired) electrons. The van der Waals surface area contributed by atoms with Crippen molar-refractivity contribution in [3.8, 4) is 0 Å². The zero-order chi connectivity index (χ0) is 17.8. The Balaban J connectivity index is 1.91. The molecule has 0 saturated carbocycles. The highest BCUT2D eigenvalue weighted by Crippen LogP contribution is 2.25. The van der Waals surface area contributed by atoms with Crippen LogP contribution in [0.5, 0.6) is 0 Å². The average molecular weight is 342 g/mol. The van der Waals surface area contributed by atoms with Gasteiger partial charge in [0, 0.05) is 24.2 Å². The third-order valence-electron chi connectivity index (χ3n) is 4.30. The van der Waals surface area contributed by atoms with E-state index in [-0.39, 0.29) is 18.3 Å². The number of aromatic nitrogens is 1. The van der Waals surface area contributed by atoms with E-state index >= 15 is 0 Å². The molecule has 0 aliphatic carbocycles. The largest absolute Gasteiger partial charge is 0.460 e. The van der Waals surface area contributed by atoms with E-state index in [2.05, 4.69) is 12.2 Å². The Morgan fingerprint density at radius 2 is 2.04 bits per heavy atom. The van der Waals surface area contributed by atoms with Gasteiger partial charge in [-0.2, -0.15) is 0 Å². The monoisotopic (exact) mass is 342 g/mol. The Kier molecular flexibility index (Phi) is 5.22. The van der Waals surface area contributed by atoms with Crippen LogP contribution in [0.3, 0.4) is 0 Å². The second-order valence-electron chi connectivity index (χ2n) is 6.28. The van der Waals surface area contributed by atoms with Gasteiger partial charge in [-0.15, -0.1) is 0 Å². The van der Waals surface area contributed by atoms with Gasteiger partial charge in [-0.05, 0) is 19.4 Å². The van der Waals surface area contributed by atoms with Gasteiger partial charge in [-0.25, -0.2) is 4.39 Å². The predicted octanol–water partition coefficient (Wildman–Crippen LogP) is 4.65. The van der Waals surface area contributed by atoms with E-state index in [1.807, 2.05) is 17.6 Å². The van der Waals surface area contributed by atoms with E-state index in [9.17, 15) is 9.18 Å². The first-order valence-corrected chi connectivity index (χ1v) is 8.71. The number of nitrogens with one attached hydrogen (secondary N) is 1. The SMILES string of the molecule is CCCCCNC(=O)c1cc2oc(C)cc2n1Cc1ccccc1F. The first-order chi connectivity index (χ1) is 12.1. The minimum Gasteiger partial charge on any atom is -0.460 e. The van der Waals surface area contributed by atoms with E-state index in [0.717, 1.165) is 30.5 Å². The van der Waals surface area contributed by atoms with Crippen molar-refractivity contribution in [2.24, 2.45) is 0 Å². The highest BCUT2D eigenvalue weighted by Gasteiger charge is 2.19. The van der Waals surface area contributed by atoms with Gasteiger partial charge in [-0.3, -0.25) is 4.79 Å². The quantitative estimate of drug-likeness (QED) is 0.635. The van der Waals surface area contributed by atoms with Gasteiger partial charge in [0.25, 0.3) is 5.91 Å². The number of benzene rings is 1. The normalized spacial score (nSPS) is 11.2. The van der Waals surface area contributed by atoms with Gasteiger partial charge < -0.3 is 14.3 Å². The summed E-state index contributed by atoms with van der Waals surface area (Å²) in [7, 11) is 0. The van der Waals surface area contributed by atoms with Gasteiger partial charge in [0.1, 0.15) is 17.3 Å². The van der Waals surface area contributed by atoms with Crippen LogP contribution in [0.15, 0.2) is 40.8 Å². The first-order valence-electron chi connectivity index (χ1n) is 8.71. The smallest absolute Gasteiger partial charge is 0.268 e. The maximum Gasteiger partial charge on any atom is 0.268 e. The van der Waals surface area contributed by atoms with Crippen molar-refractivity contribution in [3.05, 3.63) is 59.2 Å². The van der Waals surface area contributed by atoms with Crippen LogP contribution < -0.4 is 5.32 Å². The molecule has 0 fully saturated rings. The van der Waals surface area contributed by atoms with Crippen molar-refractivity contribution in [1.29, 1.82) is 0 Å². The zero-order valence-corrected chi connectivity index (χ0v) is 14.6. The molecule has 2 heterocycles. The Hall–Kier alpha value is -2.56. The Labute approximate surface area is 146 Å². The number of amides is 1. The molecule has 5 heteroatoms. The summed E-state index contributed by atoms with van der Waals surface area (Å²) in [5.74, 6) is 0.331. The van der Waals surface area contributed by atoms with Gasteiger partial charge in [-0.1, -0.05) is 38.0 Å². The molecule has 1 N–H and O–H groups in total. The van der Waals surface area contributed by atoms with E-state index in [0.29, 0.717) is 23.4 Å². The summed E-state index contributed by atoms with van der Waals surface area (Å²) in [5.41, 5.74) is 2.49. The zero-order valence-electron chi connectivity index (χ0n) is 14.6. The van der Waals surface area contributed by atoms with Crippen molar-refractivity contribution in [3.63, 3.8) is 0 Å². The maximum absolute atomic E-state index is 14.1. The topological polar surface area (TPSA) is 47.2 Å². The summed E-state index contributed by atoms with van der Waals surface area (Å²) in [6, 6.07) is 10.2. The van der Waals surface area contributed by atoms with Crippen LogP contribution in [0.4, 0.5) is 4.39 Å². The summed E-state index contributed by atoms with van der Waals surface area (Å²) in [6.45, 7) is 4.90. The van der Waals surface area contributed by atoms with Crippen LogP contribution >= 0.6 is 0 Å². The number of aryl methyl sites for hydroxylation is 1. The second-order valence-corrected chi connectivity index (χ2v) is 6.28. The van der Waals surface area contributed by atoms with Crippen molar-refractivity contribution >= 4 is 17.0 Å². The van der Waals surface area contributed by atoms with E-state index in [1.54, 1.807) is 24.3 Å². The number of hydrogen-bond donors (Lipinski definition) is 1. The predicted molar refractivity (Wildman–Crippen MR) is 96.3 cm³/mol. The lowest BCUT2D eigenvalue weighted by atomic mass is 10.2. The summed E-state index contributed by atoms with van der Waals surface area (Å²) in [4.78, 5) is 12.6. The third-order valence-corrected chi connectivity index (χ3v) is 4.30. The van der Waals surface area contributed by atoms with Crippen LogP contribution in [0.1, 0.15) is 48.0 Å². The van der Waals surface area contributed by atoms with Crippen LogP contribution in [-0.2, 0) is 6.54 Å². The summed E-state index contributed by atoms with van der Waals surface area (Å²) >= 11 is 0. The molecule has 0 unspecified atom stereocenters. The number of carbonyl (C=O) groups excluding carboxylic acids is 1. The standard InChI is InChI=1S/C20H23FN2O2/c1-3-4-7-10-22-20(24)18-12-19-17(11-14(2)25-19)23(18)13-15-8-5-6-9-16(15)21/h5-6,8-9,11-12H,3-4,7,10,13H2,1-2H3,(H,22,24). The van der Waals surface area contributed by atoms with E-state index < -0.39 is 0 Å². The lowest BCUT2D eigenvalue weighted by molar-refractivity contribution is 0.0944. The second kappa shape index (κ2) is 7.55. The van der Waals surface area contributed by atoms with Crippen LogP contribution in [-0.4, -0.2) is 17.0 Å². The van der Waals surface area contributed by atoms with Gasteiger partial charge >= 0.3 is 0 Å². The number of rotatable bonds is 7. The van der Waals surface area contributed by atoms with E-state index in [4.69, 9.17) is 4.42 Å². The number of fused-ring (bicyclic) bond motifs is 1. The first kappa shape index (κ1) is 17.3. The minimum atomic E-state index is -0.279. The fourth-order valence-electron chi connectivity index (χ4n) is 2.99. The molecule has 1 amide bonds. The maximum atomic E-state index is 14.1. The third kappa shape index (κ3) is 3.76. The summed E-state index contributed by atoms with van der Waals surface area (Å²) in [6.07, 6.45) is 3.13. The molecule has 25 heavy (non-hydrogen) atoms. The molecule has 0 atom stereocenters. The Bertz CT molecular complexity index is 879. The van der Waals surface area contributed by atoms with Gasteiger partial charge in [0.05, 0.1) is 12.1 Å². The highest BCUT2D eigenvalue weighted by atomic mass is 19.1. The minimum absolute atomic E-state index is 0.156. The number of halogens is 1. The molecule has 2 aromatic heterocycles. The lowest BCUT2D eigenvalue weighted by Crippen LogP contribution is -2.27. The van der Waals surface area contributed by atoms with Crippen LogP contribution in [0, 0.1) is 12.7 Å². The average Bonchev–Trinajstić information content (AvgIpc) is 3.11. The molecule has 0 aliphatic rings. The van der Waals surface area contributed by atoms with Crippen molar-refractivity contribution in [1.82, 2.24) is 9.88 Å². The Morgan fingerprint density at radius 1 is 1.24 bits per heavy atom. The molecule has 1 aromatic carbocycles. The highest BCUT2D eigenvalue weighted by molar-refractivity contribution is 5.97. The number of nitrogens with zero attached hydrogens (tertiary/aromatic N) is 1. The number of furan rings is 1. The number of carbonyl (C=O) groups is 1. The van der Waals surface area contributed by atoms with Crippen molar-refractivity contribution in [2.45, 2.75) is 39.7 Å². The van der Waals surface area contributed by atoms with Crippen LogP contribution in [0.2, 0.25) is 0 Å². The molecule has 0 spiro atoms. The Morgan fingerprint density at radius 3 is 2.80 bits per heavy atom. The fraction of sp³-hybridized carbons (Fsp3) is 0.350. The van der Waals surface area contributed by atoms with Crippen molar-refractivity contribution < 1.29 is 13.6 Å². The molecule has 4 nitrogen and oxygen atoms in total. The van der Waals surface area contributed by atoms with Crippen molar-refractivity contribution in [2.75, 3.05) is 6.54 Å². The molecule has 3 aromatic rings. The summed E-state index contributed by atoms with van der Waals surface area (Å²) < 4.78 is 21.5. The molecule has 0 aliphatic heterocycles. The molecule has 0 bridgehead atoms. The lowest BCUT2D eigenvalue weighted by Gasteiger charge is -2.11. The molecule has 3 rings (SSSR count). The molecular formula is C20H23FN2O2. The van der Waals surface area contributed by atoms with Crippen LogP contribution in [0.25, 0.3) is 11.1 Å². The number of hydrogen-bond acceptors (Lipinski definition) is 2. The summed E-state index contributed by atoms with van der Waals surface area (Å²) in [5, 5.41) is 2.94. The molecule has 0 saturated heterocycles. The van der Waals surface area contributed by atoms with Gasteiger partial charge in [0.2, 0.25) is 0 Å². The fourth-order valence-corrected chi connectivity index (χ4v) is 2.99. The number of unbranched alkanes of at least 4 members (excludes halogenated alkanes) is 2. The van der Waals surface area contributed by atoms with E-state index in [1.165, 1.54) is 6.07 Å². The van der Waals surface area contributed by atoms with Gasteiger partial charge in [0.15, 0.2) is 5.58 Å². The molecular weight excluding hydrogens is 319 g/mol.